The molecule has 0 atom stereocenters. The highest BCUT2D eigenvalue weighted by Gasteiger charge is 2.06. The Hall–Kier alpha value is -1.10. The molecule has 21 heavy (non-hydrogen) atoms. The fourth-order valence-electron chi connectivity index (χ4n) is 1.84. The zero-order chi connectivity index (χ0) is 15.1. The van der Waals surface area contributed by atoms with Gasteiger partial charge < -0.3 is 10.1 Å². The third-order valence-electron chi connectivity index (χ3n) is 2.94. The maximum atomic E-state index is 6.22. The Labute approximate surface area is 138 Å². The molecule has 0 amide bonds. The van der Waals surface area contributed by atoms with Gasteiger partial charge in [-0.1, -0.05) is 52.7 Å². The summed E-state index contributed by atoms with van der Waals surface area (Å²) in [5.74, 6) is 0.465. The minimum Gasteiger partial charge on any atom is -0.472 e. The lowest BCUT2D eigenvalue weighted by atomic mass is 10.2. The monoisotopic (exact) mass is 368 g/mol. The van der Waals surface area contributed by atoms with Crippen molar-refractivity contribution < 1.29 is 4.74 Å². The molecule has 1 aromatic carbocycles. The standard InChI is InChI=1S/C16H18BrClN2O/c1-2-7-19-9-12-8-15(18)16(20-10-12)21-11-13-5-3-4-6-14(13)17/h3-6,8,10,19H,2,7,9,11H2,1H3. The van der Waals surface area contributed by atoms with E-state index in [0.717, 1.165) is 35.1 Å². The van der Waals surface area contributed by atoms with Gasteiger partial charge in [0.15, 0.2) is 0 Å². The summed E-state index contributed by atoms with van der Waals surface area (Å²) >= 11 is 9.71. The number of rotatable bonds is 7. The van der Waals surface area contributed by atoms with Crippen molar-refractivity contribution in [3.05, 3.63) is 57.2 Å². The molecular formula is C16H18BrClN2O. The van der Waals surface area contributed by atoms with E-state index in [-0.39, 0.29) is 0 Å². The zero-order valence-electron chi connectivity index (χ0n) is 11.9. The van der Waals surface area contributed by atoms with E-state index in [1.54, 1.807) is 6.20 Å². The molecule has 3 nitrogen and oxygen atoms in total. The highest BCUT2D eigenvalue weighted by atomic mass is 79.9. The Balaban J connectivity index is 1.96. The molecule has 0 radical (unpaired) electrons. The predicted molar refractivity (Wildman–Crippen MR) is 89.7 cm³/mol. The third kappa shape index (κ3) is 4.99. The molecular weight excluding hydrogens is 352 g/mol. The minimum absolute atomic E-state index is 0.432. The molecule has 0 unspecified atom stereocenters. The van der Waals surface area contributed by atoms with Gasteiger partial charge in [-0.05, 0) is 30.7 Å². The molecule has 1 heterocycles. The van der Waals surface area contributed by atoms with Crippen LogP contribution in [0.3, 0.4) is 0 Å². The SMILES string of the molecule is CCCNCc1cnc(OCc2ccccc2Br)c(Cl)c1. The topological polar surface area (TPSA) is 34.2 Å². The number of nitrogens with zero attached hydrogens (tertiary/aromatic N) is 1. The molecule has 112 valence electrons. The zero-order valence-corrected chi connectivity index (χ0v) is 14.2. The second-order valence-electron chi connectivity index (χ2n) is 4.69. The van der Waals surface area contributed by atoms with Crippen LogP contribution in [-0.4, -0.2) is 11.5 Å². The van der Waals surface area contributed by atoms with Gasteiger partial charge in [0.2, 0.25) is 5.88 Å². The molecule has 0 aliphatic heterocycles. The molecule has 0 bridgehead atoms. The van der Waals surface area contributed by atoms with E-state index in [1.165, 1.54) is 0 Å². The number of nitrogens with one attached hydrogen (secondary N) is 1. The summed E-state index contributed by atoms with van der Waals surface area (Å²) in [5.41, 5.74) is 2.12. The molecule has 0 saturated carbocycles. The van der Waals surface area contributed by atoms with Gasteiger partial charge in [0.1, 0.15) is 11.6 Å². The quantitative estimate of drug-likeness (QED) is 0.726. The number of ether oxygens (including phenoxy) is 1. The average molecular weight is 370 g/mol. The van der Waals surface area contributed by atoms with Crippen molar-refractivity contribution in [1.82, 2.24) is 10.3 Å². The molecule has 1 N–H and O–H groups in total. The molecule has 2 rings (SSSR count). The molecule has 5 heteroatoms. The summed E-state index contributed by atoms with van der Waals surface area (Å²) in [6.45, 7) is 4.32. The van der Waals surface area contributed by atoms with E-state index < -0.39 is 0 Å². The molecule has 0 saturated heterocycles. The third-order valence-corrected chi connectivity index (χ3v) is 3.99. The maximum absolute atomic E-state index is 6.22. The number of hydrogen-bond donors (Lipinski definition) is 1. The van der Waals surface area contributed by atoms with Crippen molar-refractivity contribution in [2.45, 2.75) is 26.5 Å². The first-order valence-corrected chi connectivity index (χ1v) is 8.09. The Morgan fingerprint density at radius 1 is 1.33 bits per heavy atom. The van der Waals surface area contributed by atoms with Gasteiger partial charge >= 0.3 is 0 Å². The van der Waals surface area contributed by atoms with Gasteiger partial charge in [0.25, 0.3) is 0 Å². The fraction of sp³-hybridized carbons (Fsp3) is 0.312. The smallest absolute Gasteiger partial charge is 0.232 e. The van der Waals surface area contributed by atoms with Gasteiger partial charge in [-0.3, -0.25) is 0 Å². The first-order chi connectivity index (χ1) is 10.2. The van der Waals surface area contributed by atoms with Crippen molar-refractivity contribution in [3.63, 3.8) is 0 Å². The second-order valence-corrected chi connectivity index (χ2v) is 5.95. The van der Waals surface area contributed by atoms with E-state index in [0.29, 0.717) is 17.5 Å². The van der Waals surface area contributed by atoms with Gasteiger partial charge in [-0.25, -0.2) is 4.98 Å². The Bertz CT molecular complexity index is 592. The van der Waals surface area contributed by atoms with Gasteiger partial charge in [0.05, 0.1) is 0 Å². The average Bonchev–Trinajstić information content (AvgIpc) is 2.48. The van der Waals surface area contributed by atoms with Crippen molar-refractivity contribution in [3.8, 4) is 5.88 Å². The molecule has 1 aromatic heterocycles. The molecule has 0 spiro atoms. The van der Waals surface area contributed by atoms with Gasteiger partial charge in [-0.15, -0.1) is 0 Å². The highest BCUT2D eigenvalue weighted by Crippen LogP contribution is 2.24. The predicted octanol–water partition coefficient (Wildman–Crippen LogP) is 4.58. The molecule has 2 aromatic rings. The summed E-state index contributed by atoms with van der Waals surface area (Å²) < 4.78 is 6.71. The largest absolute Gasteiger partial charge is 0.472 e. The van der Waals surface area contributed by atoms with Crippen LogP contribution < -0.4 is 10.1 Å². The lowest BCUT2D eigenvalue weighted by Crippen LogP contribution is -2.14. The van der Waals surface area contributed by atoms with E-state index in [9.17, 15) is 0 Å². The van der Waals surface area contributed by atoms with Crippen molar-refractivity contribution in [2.75, 3.05) is 6.54 Å². The highest BCUT2D eigenvalue weighted by molar-refractivity contribution is 9.10. The Kier molecular flexibility index (Phi) is 6.49. The van der Waals surface area contributed by atoms with E-state index in [4.69, 9.17) is 16.3 Å². The van der Waals surface area contributed by atoms with Crippen molar-refractivity contribution in [1.29, 1.82) is 0 Å². The second kappa shape index (κ2) is 8.37. The first-order valence-electron chi connectivity index (χ1n) is 6.92. The number of aromatic nitrogens is 1. The number of benzene rings is 1. The van der Waals surface area contributed by atoms with E-state index >= 15 is 0 Å². The summed E-state index contributed by atoms with van der Waals surface area (Å²) in [7, 11) is 0. The summed E-state index contributed by atoms with van der Waals surface area (Å²) in [5, 5.41) is 3.86. The van der Waals surface area contributed by atoms with Gasteiger partial charge in [-0.2, -0.15) is 0 Å². The first kappa shape index (κ1) is 16.3. The lowest BCUT2D eigenvalue weighted by molar-refractivity contribution is 0.293. The van der Waals surface area contributed by atoms with Crippen LogP contribution in [0, 0.1) is 0 Å². The summed E-state index contributed by atoms with van der Waals surface area (Å²) in [6.07, 6.45) is 2.90. The number of pyridine rings is 1. The van der Waals surface area contributed by atoms with Crippen LogP contribution in [0.2, 0.25) is 5.02 Å². The van der Waals surface area contributed by atoms with Crippen LogP contribution in [0.15, 0.2) is 41.0 Å². The number of hydrogen-bond acceptors (Lipinski definition) is 3. The molecule has 0 aliphatic rings. The number of halogens is 2. The molecule has 0 aliphatic carbocycles. The lowest BCUT2D eigenvalue weighted by Gasteiger charge is -2.10. The van der Waals surface area contributed by atoms with Crippen molar-refractivity contribution in [2.24, 2.45) is 0 Å². The van der Waals surface area contributed by atoms with Crippen LogP contribution in [0.1, 0.15) is 24.5 Å². The maximum Gasteiger partial charge on any atom is 0.232 e. The normalized spacial score (nSPS) is 10.6. The summed E-state index contributed by atoms with van der Waals surface area (Å²) in [4.78, 5) is 4.29. The van der Waals surface area contributed by atoms with Crippen molar-refractivity contribution >= 4 is 27.5 Å². The Morgan fingerprint density at radius 3 is 2.86 bits per heavy atom. The van der Waals surface area contributed by atoms with E-state index in [1.807, 2.05) is 30.3 Å². The minimum atomic E-state index is 0.432. The van der Waals surface area contributed by atoms with Crippen LogP contribution >= 0.6 is 27.5 Å². The van der Waals surface area contributed by atoms with E-state index in [2.05, 4.69) is 33.2 Å². The fourth-order valence-corrected chi connectivity index (χ4v) is 2.48. The molecule has 0 fully saturated rings. The van der Waals surface area contributed by atoms with Crippen LogP contribution in [0.5, 0.6) is 5.88 Å². The summed E-state index contributed by atoms with van der Waals surface area (Å²) in [6, 6.07) is 9.82. The van der Waals surface area contributed by atoms with Gasteiger partial charge in [0, 0.05) is 22.8 Å². The van der Waals surface area contributed by atoms with Crippen LogP contribution in [0.4, 0.5) is 0 Å². The Morgan fingerprint density at radius 2 is 2.14 bits per heavy atom. The van der Waals surface area contributed by atoms with Crippen LogP contribution in [0.25, 0.3) is 0 Å². The van der Waals surface area contributed by atoms with Crippen LogP contribution in [-0.2, 0) is 13.2 Å².